The molecule has 0 saturated heterocycles. The summed E-state index contributed by atoms with van der Waals surface area (Å²) in [6, 6.07) is 14.3. The van der Waals surface area contributed by atoms with Crippen molar-refractivity contribution in [3.63, 3.8) is 0 Å². The molecular weight excluding hydrogens is 290 g/mol. The van der Waals surface area contributed by atoms with Crippen LogP contribution in [-0.2, 0) is 12.8 Å². The highest BCUT2D eigenvalue weighted by Crippen LogP contribution is 2.18. The molecule has 1 heterocycles. The van der Waals surface area contributed by atoms with Gasteiger partial charge in [-0.05, 0) is 30.2 Å². The number of hydrogen-bond donors (Lipinski definition) is 2. The van der Waals surface area contributed by atoms with Crippen molar-refractivity contribution in [2.75, 3.05) is 0 Å². The first-order valence-electron chi connectivity index (χ1n) is 5.89. The van der Waals surface area contributed by atoms with E-state index in [1.807, 2.05) is 36.4 Å². The minimum Gasteiger partial charge on any atom is -0.271 e. The number of hydrazine groups is 1. The molecule has 18 heavy (non-hydrogen) atoms. The highest BCUT2D eigenvalue weighted by molar-refractivity contribution is 9.10. The zero-order valence-electron chi connectivity index (χ0n) is 10.0. The summed E-state index contributed by atoms with van der Waals surface area (Å²) in [6.07, 6.45) is 3.49. The summed E-state index contributed by atoms with van der Waals surface area (Å²) in [5.41, 5.74) is 5.16. The van der Waals surface area contributed by atoms with E-state index in [2.05, 4.69) is 32.4 Å². The van der Waals surface area contributed by atoms with Crippen molar-refractivity contribution in [3.05, 3.63) is 64.4 Å². The van der Waals surface area contributed by atoms with Gasteiger partial charge in [0.25, 0.3) is 0 Å². The highest BCUT2D eigenvalue weighted by Gasteiger charge is 2.11. The molecule has 0 bridgehead atoms. The average molecular weight is 306 g/mol. The Bertz CT molecular complexity index is 487. The molecule has 4 heteroatoms. The number of rotatable bonds is 5. The van der Waals surface area contributed by atoms with Gasteiger partial charge in [0, 0.05) is 28.8 Å². The molecule has 0 saturated carbocycles. The van der Waals surface area contributed by atoms with E-state index in [4.69, 9.17) is 5.84 Å². The Labute approximate surface area is 116 Å². The Morgan fingerprint density at radius 1 is 1.11 bits per heavy atom. The molecule has 3 nitrogen and oxygen atoms in total. The van der Waals surface area contributed by atoms with Crippen LogP contribution in [0.4, 0.5) is 0 Å². The number of nitrogens with one attached hydrogen (secondary N) is 1. The molecule has 0 amide bonds. The zero-order chi connectivity index (χ0) is 12.8. The minimum atomic E-state index is 0.179. The van der Waals surface area contributed by atoms with Crippen LogP contribution in [-0.4, -0.2) is 11.0 Å². The summed E-state index contributed by atoms with van der Waals surface area (Å²) in [7, 11) is 0. The second-order valence-electron chi connectivity index (χ2n) is 4.18. The van der Waals surface area contributed by atoms with E-state index < -0.39 is 0 Å². The van der Waals surface area contributed by atoms with Crippen molar-refractivity contribution in [2.45, 2.75) is 18.9 Å². The Kier molecular flexibility index (Phi) is 4.87. The van der Waals surface area contributed by atoms with Crippen LogP contribution < -0.4 is 11.3 Å². The second-order valence-corrected chi connectivity index (χ2v) is 5.04. The molecule has 1 unspecified atom stereocenters. The first-order chi connectivity index (χ1) is 8.79. The first-order valence-corrected chi connectivity index (χ1v) is 6.68. The topological polar surface area (TPSA) is 50.9 Å². The maximum absolute atomic E-state index is 5.63. The summed E-state index contributed by atoms with van der Waals surface area (Å²) in [4.78, 5) is 4.32. The number of hydrogen-bond acceptors (Lipinski definition) is 3. The molecule has 0 radical (unpaired) electrons. The van der Waals surface area contributed by atoms with E-state index in [-0.39, 0.29) is 6.04 Å². The molecule has 0 fully saturated rings. The van der Waals surface area contributed by atoms with Gasteiger partial charge in [-0.1, -0.05) is 40.2 Å². The van der Waals surface area contributed by atoms with Crippen LogP contribution in [0.2, 0.25) is 0 Å². The molecule has 94 valence electrons. The van der Waals surface area contributed by atoms with Gasteiger partial charge < -0.3 is 0 Å². The van der Waals surface area contributed by atoms with Gasteiger partial charge in [0.15, 0.2) is 0 Å². The second kappa shape index (κ2) is 6.64. The Morgan fingerprint density at radius 2 is 1.89 bits per heavy atom. The van der Waals surface area contributed by atoms with Crippen molar-refractivity contribution in [2.24, 2.45) is 5.84 Å². The van der Waals surface area contributed by atoms with E-state index >= 15 is 0 Å². The number of halogens is 1. The van der Waals surface area contributed by atoms with Gasteiger partial charge >= 0.3 is 0 Å². The molecular formula is C14H16BrN3. The van der Waals surface area contributed by atoms with Crippen molar-refractivity contribution < 1.29 is 0 Å². The fourth-order valence-corrected chi connectivity index (χ4v) is 2.34. The Morgan fingerprint density at radius 3 is 2.56 bits per heavy atom. The van der Waals surface area contributed by atoms with Crippen molar-refractivity contribution >= 4 is 15.9 Å². The summed E-state index contributed by atoms with van der Waals surface area (Å²) in [5, 5.41) is 0. The van der Waals surface area contributed by atoms with Gasteiger partial charge in [-0.25, -0.2) is 0 Å². The van der Waals surface area contributed by atoms with E-state index in [1.165, 1.54) is 5.56 Å². The summed E-state index contributed by atoms with van der Waals surface area (Å²) in [6.45, 7) is 0. The normalized spacial score (nSPS) is 12.3. The molecule has 0 aliphatic heterocycles. The first kappa shape index (κ1) is 13.2. The van der Waals surface area contributed by atoms with Gasteiger partial charge in [-0.3, -0.25) is 16.3 Å². The largest absolute Gasteiger partial charge is 0.271 e. The number of nitrogens with zero attached hydrogens (tertiary/aromatic N) is 1. The van der Waals surface area contributed by atoms with Crippen molar-refractivity contribution in [1.29, 1.82) is 0 Å². The molecule has 0 aliphatic carbocycles. The van der Waals surface area contributed by atoms with Crippen LogP contribution >= 0.6 is 15.9 Å². The van der Waals surface area contributed by atoms with Crippen LogP contribution in [0, 0.1) is 0 Å². The SMILES string of the molecule is NNC(Cc1ccccn1)Cc1ccccc1Br. The van der Waals surface area contributed by atoms with Gasteiger partial charge in [0.2, 0.25) is 0 Å². The lowest BCUT2D eigenvalue weighted by molar-refractivity contribution is 0.517. The third-order valence-corrected chi connectivity index (χ3v) is 3.62. The smallest absolute Gasteiger partial charge is 0.0419 e. The minimum absolute atomic E-state index is 0.179. The average Bonchev–Trinajstić information content (AvgIpc) is 2.41. The van der Waals surface area contributed by atoms with Crippen LogP contribution in [0.15, 0.2) is 53.1 Å². The Balaban J connectivity index is 2.04. The number of nitrogens with two attached hydrogens (primary N) is 1. The zero-order valence-corrected chi connectivity index (χ0v) is 11.6. The number of benzene rings is 1. The van der Waals surface area contributed by atoms with Gasteiger partial charge in [0.1, 0.15) is 0 Å². The molecule has 1 aromatic carbocycles. The van der Waals surface area contributed by atoms with E-state index in [9.17, 15) is 0 Å². The standard InChI is InChI=1S/C14H16BrN3/c15-14-7-2-1-5-11(14)9-13(18-16)10-12-6-3-4-8-17-12/h1-8,13,18H,9-10,16H2. The molecule has 1 atom stereocenters. The maximum atomic E-state index is 5.63. The fourth-order valence-electron chi connectivity index (χ4n) is 1.89. The molecule has 0 aliphatic rings. The number of pyridine rings is 1. The van der Waals surface area contributed by atoms with Crippen LogP contribution in [0.1, 0.15) is 11.3 Å². The third kappa shape index (κ3) is 3.63. The van der Waals surface area contributed by atoms with Crippen LogP contribution in [0.5, 0.6) is 0 Å². The highest BCUT2D eigenvalue weighted by atomic mass is 79.9. The van der Waals surface area contributed by atoms with Gasteiger partial charge in [-0.2, -0.15) is 0 Å². The van der Waals surface area contributed by atoms with Crippen molar-refractivity contribution in [3.8, 4) is 0 Å². The molecule has 1 aromatic heterocycles. The van der Waals surface area contributed by atoms with E-state index in [0.717, 1.165) is 23.0 Å². The number of aromatic nitrogens is 1. The maximum Gasteiger partial charge on any atom is 0.0419 e. The third-order valence-electron chi connectivity index (χ3n) is 2.84. The quantitative estimate of drug-likeness (QED) is 0.659. The lowest BCUT2D eigenvalue weighted by Crippen LogP contribution is -2.38. The monoisotopic (exact) mass is 305 g/mol. The van der Waals surface area contributed by atoms with Crippen LogP contribution in [0.25, 0.3) is 0 Å². The predicted molar refractivity (Wildman–Crippen MR) is 76.9 cm³/mol. The summed E-state index contributed by atoms with van der Waals surface area (Å²) < 4.78 is 1.12. The molecule has 2 rings (SSSR count). The molecule has 3 N–H and O–H groups in total. The summed E-state index contributed by atoms with van der Waals surface area (Å²) >= 11 is 3.56. The van der Waals surface area contributed by atoms with Gasteiger partial charge in [-0.15, -0.1) is 0 Å². The molecule has 0 spiro atoms. The fraction of sp³-hybridized carbons (Fsp3) is 0.214. The predicted octanol–water partition coefficient (Wildman–Crippen LogP) is 2.46. The van der Waals surface area contributed by atoms with Crippen LogP contribution in [0.3, 0.4) is 0 Å². The lowest BCUT2D eigenvalue weighted by Gasteiger charge is -2.16. The van der Waals surface area contributed by atoms with Gasteiger partial charge in [0.05, 0.1) is 0 Å². The van der Waals surface area contributed by atoms with E-state index in [1.54, 1.807) is 6.20 Å². The van der Waals surface area contributed by atoms with E-state index in [0.29, 0.717) is 0 Å². The Hall–Kier alpha value is -1.23. The van der Waals surface area contributed by atoms with Crippen molar-refractivity contribution in [1.82, 2.24) is 10.4 Å². The lowest BCUT2D eigenvalue weighted by atomic mass is 10.0. The molecule has 2 aromatic rings. The summed E-state index contributed by atoms with van der Waals surface area (Å²) in [5.74, 6) is 5.63.